The molecule has 0 fully saturated rings. The van der Waals surface area contributed by atoms with Gasteiger partial charge in [-0.15, -0.1) is 0 Å². The lowest BCUT2D eigenvalue weighted by Crippen LogP contribution is -1.99. The standard InChI is InChI=1S/C11H11FN/c1-8-3-4-10(7-13)5-11(8)9(2)6-12/h3-5,9H,2,6H2,1H3. The van der Waals surface area contributed by atoms with Gasteiger partial charge in [0.1, 0.15) is 0 Å². The maximum atomic E-state index is 12.3. The van der Waals surface area contributed by atoms with Gasteiger partial charge < -0.3 is 0 Å². The number of aryl methyl sites for hydroxylation is 1. The zero-order valence-corrected chi connectivity index (χ0v) is 7.55. The Kier molecular flexibility index (Phi) is 3.02. The summed E-state index contributed by atoms with van der Waals surface area (Å²) in [4.78, 5) is 0. The van der Waals surface area contributed by atoms with E-state index in [2.05, 4.69) is 6.92 Å². The lowest BCUT2D eigenvalue weighted by atomic mass is 9.96. The number of nitrogens with zero attached hydrogens (tertiary/aromatic N) is 1. The molecule has 1 unspecified atom stereocenters. The molecule has 67 valence electrons. The molecule has 1 aromatic rings. The first-order valence-corrected chi connectivity index (χ1v) is 4.08. The fraction of sp³-hybridized carbons (Fsp3) is 0.273. The summed E-state index contributed by atoms with van der Waals surface area (Å²) in [7, 11) is 0. The van der Waals surface area contributed by atoms with Gasteiger partial charge in [-0.25, -0.2) is 0 Å². The monoisotopic (exact) mass is 176 g/mol. The maximum absolute atomic E-state index is 12.3. The number of rotatable bonds is 2. The van der Waals surface area contributed by atoms with E-state index < -0.39 is 6.67 Å². The van der Waals surface area contributed by atoms with E-state index in [1.165, 1.54) is 0 Å². The second-order valence-electron chi connectivity index (χ2n) is 3.03. The SMILES string of the molecule is [CH2]C(CF)c1cc(C#N)ccc1C. The molecule has 13 heavy (non-hydrogen) atoms. The van der Waals surface area contributed by atoms with Crippen molar-refractivity contribution in [3.8, 4) is 6.07 Å². The number of hydrogen-bond donors (Lipinski definition) is 0. The molecule has 0 amide bonds. The van der Waals surface area contributed by atoms with Gasteiger partial charge in [-0.3, -0.25) is 4.39 Å². The van der Waals surface area contributed by atoms with Gasteiger partial charge in [0.15, 0.2) is 0 Å². The molecule has 0 heterocycles. The van der Waals surface area contributed by atoms with Gasteiger partial charge in [-0.2, -0.15) is 5.26 Å². The third-order valence-corrected chi connectivity index (χ3v) is 2.03. The third-order valence-electron chi connectivity index (χ3n) is 2.03. The minimum Gasteiger partial charge on any atom is -0.250 e. The van der Waals surface area contributed by atoms with Crippen molar-refractivity contribution in [3.05, 3.63) is 41.8 Å². The fourth-order valence-electron chi connectivity index (χ4n) is 1.23. The van der Waals surface area contributed by atoms with Crippen LogP contribution in [0.4, 0.5) is 4.39 Å². The fourth-order valence-corrected chi connectivity index (χ4v) is 1.23. The van der Waals surface area contributed by atoms with E-state index >= 15 is 0 Å². The van der Waals surface area contributed by atoms with Crippen molar-refractivity contribution in [3.63, 3.8) is 0 Å². The first-order chi connectivity index (χ1) is 6.19. The number of benzene rings is 1. The molecule has 0 N–H and O–H groups in total. The lowest BCUT2D eigenvalue weighted by Gasteiger charge is -2.10. The molecule has 0 bridgehead atoms. The zero-order chi connectivity index (χ0) is 9.84. The molecule has 0 aliphatic rings. The highest BCUT2D eigenvalue weighted by Crippen LogP contribution is 2.20. The van der Waals surface area contributed by atoms with Crippen molar-refractivity contribution in [1.82, 2.24) is 0 Å². The predicted molar refractivity (Wildman–Crippen MR) is 50.0 cm³/mol. The second kappa shape index (κ2) is 4.04. The summed E-state index contributed by atoms with van der Waals surface area (Å²) < 4.78 is 12.3. The molecular weight excluding hydrogens is 165 g/mol. The maximum Gasteiger partial charge on any atom is 0.0991 e. The van der Waals surface area contributed by atoms with E-state index in [9.17, 15) is 4.39 Å². The van der Waals surface area contributed by atoms with Crippen LogP contribution < -0.4 is 0 Å². The number of alkyl halides is 1. The van der Waals surface area contributed by atoms with Crippen LogP contribution in [0, 0.1) is 25.2 Å². The summed E-state index contributed by atoms with van der Waals surface area (Å²) in [5, 5.41) is 8.64. The van der Waals surface area contributed by atoms with Crippen LogP contribution in [0.15, 0.2) is 18.2 Å². The normalized spacial score (nSPS) is 12.2. The molecular formula is C11H11FN. The van der Waals surface area contributed by atoms with Gasteiger partial charge in [0.2, 0.25) is 0 Å². The average Bonchev–Trinajstić information content (AvgIpc) is 2.17. The van der Waals surface area contributed by atoms with E-state index in [0.717, 1.165) is 11.1 Å². The van der Waals surface area contributed by atoms with Crippen molar-refractivity contribution < 1.29 is 4.39 Å². The highest BCUT2D eigenvalue weighted by Gasteiger charge is 2.08. The molecule has 1 rings (SSSR count). The zero-order valence-electron chi connectivity index (χ0n) is 7.55. The Morgan fingerprint density at radius 3 is 2.85 bits per heavy atom. The van der Waals surface area contributed by atoms with Gasteiger partial charge in [0.05, 0.1) is 18.3 Å². The topological polar surface area (TPSA) is 23.8 Å². The number of hydrogen-bond acceptors (Lipinski definition) is 1. The first-order valence-electron chi connectivity index (χ1n) is 4.08. The summed E-state index contributed by atoms with van der Waals surface area (Å²) in [6.45, 7) is 5.08. The first kappa shape index (κ1) is 9.73. The summed E-state index contributed by atoms with van der Waals surface area (Å²) in [5.41, 5.74) is 2.36. The molecule has 0 aromatic heterocycles. The van der Waals surface area contributed by atoms with E-state index in [0.29, 0.717) is 5.56 Å². The molecule has 0 saturated carbocycles. The Hall–Kier alpha value is -1.36. The highest BCUT2D eigenvalue weighted by molar-refractivity contribution is 5.39. The van der Waals surface area contributed by atoms with Gasteiger partial charge in [-0.05, 0) is 37.1 Å². The van der Waals surface area contributed by atoms with E-state index in [1.54, 1.807) is 12.1 Å². The minimum atomic E-state index is -0.490. The van der Waals surface area contributed by atoms with Crippen molar-refractivity contribution in [2.45, 2.75) is 12.8 Å². The van der Waals surface area contributed by atoms with Gasteiger partial charge in [-0.1, -0.05) is 6.07 Å². The molecule has 0 aliphatic carbocycles. The predicted octanol–water partition coefficient (Wildman–Crippen LogP) is 2.75. The van der Waals surface area contributed by atoms with Crippen LogP contribution in [0.3, 0.4) is 0 Å². The Morgan fingerprint density at radius 2 is 2.31 bits per heavy atom. The van der Waals surface area contributed by atoms with Crippen molar-refractivity contribution >= 4 is 0 Å². The summed E-state index contributed by atoms with van der Waals surface area (Å²) in [6, 6.07) is 7.27. The van der Waals surface area contributed by atoms with Crippen LogP contribution in [0.1, 0.15) is 22.6 Å². The smallest absolute Gasteiger partial charge is 0.0991 e. The second-order valence-corrected chi connectivity index (χ2v) is 3.03. The molecule has 1 aromatic carbocycles. The van der Waals surface area contributed by atoms with Crippen LogP contribution in [0.25, 0.3) is 0 Å². The molecule has 2 heteroatoms. The van der Waals surface area contributed by atoms with Gasteiger partial charge in [0.25, 0.3) is 0 Å². The van der Waals surface area contributed by atoms with E-state index in [1.807, 2.05) is 19.1 Å². The minimum absolute atomic E-state index is 0.367. The van der Waals surface area contributed by atoms with Gasteiger partial charge in [0, 0.05) is 5.92 Å². The van der Waals surface area contributed by atoms with Crippen molar-refractivity contribution in [1.29, 1.82) is 5.26 Å². The van der Waals surface area contributed by atoms with Crippen LogP contribution >= 0.6 is 0 Å². The molecule has 0 aliphatic heterocycles. The summed E-state index contributed by atoms with van der Waals surface area (Å²) in [5.74, 6) is -0.367. The van der Waals surface area contributed by atoms with E-state index in [-0.39, 0.29) is 5.92 Å². The Balaban J connectivity index is 3.12. The van der Waals surface area contributed by atoms with Crippen molar-refractivity contribution in [2.24, 2.45) is 0 Å². The van der Waals surface area contributed by atoms with Gasteiger partial charge >= 0.3 is 0 Å². The van der Waals surface area contributed by atoms with Crippen LogP contribution in [-0.4, -0.2) is 6.67 Å². The number of nitriles is 1. The van der Waals surface area contributed by atoms with Crippen LogP contribution in [-0.2, 0) is 0 Å². The molecule has 1 atom stereocenters. The quantitative estimate of drug-likeness (QED) is 0.679. The van der Waals surface area contributed by atoms with Crippen LogP contribution in [0.2, 0.25) is 0 Å². The molecule has 0 saturated heterocycles. The van der Waals surface area contributed by atoms with E-state index in [4.69, 9.17) is 5.26 Å². The Bertz CT molecular complexity index is 338. The summed E-state index contributed by atoms with van der Waals surface area (Å²) in [6.07, 6.45) is 0. The highest BCUT2D eigenvalue weighted by atomic mass is 19.1. The largest absolute Gasteiger partial charge is 0.250 e. The lowest BCUT2D eigenvalue weighted by molar-refractivity contribution is 0.464. The van der Waals surface area contributed by atoms with Crippen molar-refractivity contribution in [2.75, 3.05) is 6.67 Å². The Morgan fingerprint density at radius 1 is 1.62 bits per heavy atom. The number of halogens is 1. The molecule has 1 radical (unpaired) electrons. The average molecular weight is 176 g/mol. The Labute approximate surface area is 77.8 Å². The summed E-state index contributed by atoms with van der Waals surface area (Å²) >= 11 is 0. The molecule has 0 spiro atoms. The third kappa shape index (κ3) is 2.06. The molecule has 1 nitrogen and oxygen atoms in total. The van der Waals surface area contributed by atoms with Crippen LogP contribution in [0.5, 0.6) is 0 Å².